The minimum Gasteiger partial charge on any atom is -0.467 e. The topological polar surface area (TPSA) is 69.0 Å². The molecule has 1 aliphatic heterocycles. The van der Waals surface area contributed by atoms with Crippen molar-refractivity contribution in [3.05, 3.63) is 59.8 Å². The molecule has 1 aromatic heterocycles. The Bertz CT molecular complexity index is 667. The van der Waals surface area contributed by atoms with Crippen molar-refractivity contribution in [2.75, 3.05) is 32.7 Å². The second-order valence-corrected chi connectivity index (χ2v) is 6.10. The monoisotopic (exact) mass is 347 g/mol. The van der Waals surface area contributed by atoms with Gasteiger partial charge in [-0.25, -0.2) is 9.18 Å². The molecule has 2 amide bonds. The highest BCUT2D eigenvalue weighted by atomic mass is 19.1. The number of halogens is 1. The summed E-state index contributed by atoms with van der Waals surface area (Å²) in [5.41, 5.74) is 0.856. The minimum atomic E-state index is -0.658. The van der Waals surface area contributed by atoms with Crippen molar-refractivity contribution >= 4 is 6.03 Å². The number of nitrogens with zero attached hydrogens (tertiary/aromatic N) is 2. The summed E-state index contributed by atoms with van der Waals surface area (Å²) in [5, 5.41) is 13.0. The predicted molar refractivity (Wildman–Crippen MR) is 90.3 cm³/mol. The number of aliphatic hydroxyl groups is 1. The molecule has 3 rings (SSSR count). The summed E-state index contributed by atoms with van der Waals surface area (Å²) < 4.78 is 18.1. The van der Waals surface area contributed by atoms with E-state index in [-0.39, 0.29) is 11.8 Å². The van der Waals surface area contributed by atoms with Gasteiger partial charge in [0.15, 0.2) is 0 Å². The second kappa shape index (κ2) is 8.13. The predicted octanol–water partition coefficient (Wildman–Crippen LogP) is 1.98. The molecule has 1 aromatic carbocycles. The van der Waals surface area contributed by atoms with E-state index in [1.807, 2.05) is 0 Å². The van der Waals surface area contributed by atoms with Crippen LogP contribution in [0.5, 0.6) is 0 Å². The maximum absolute atomic E-state index is 12.9. The van der Waals surface area contributed by atoms with E-state index in [1.165, 1.54) is 12.1 Å². The Morgan fingerprint density at radius 3 is 2.56 bits per heavy atom. The molecule has 1 saturated heterocycles. The zero-order valence-corrected chi connectivity index (χ0v) is 13.9. The van der Waals surface area contributed by atoms with Crippen molar-refractivity contribution in [1.82, 2.24) is 15.1 Å². The molecule has 0 unspecified atom stereocenters. The van der Waals surface area contributed by atoms with Gasteiger partial charge >= 0.3 is 6.03 Å². The Kier molecular flexibility index (Phi) is 5.67. The molecular weight excluding hydrogens is 325 g/mol. The summed E-state index contributed by atoms with van der Waals surface area (Å²) in [6.07, 6.45) is 0.885. The number of hydrogen-bond acceptors (Lipinski definition) is 4. The van der Waals surface area contributed by atoms with Crippen LogP contribution >= 0.6 is 0 Å². The van der Waals surface area contributed by atoms with Gasteiger partial charge in [-0.05, 0) is 29.8 Å². The van der Waals surface area contributed by atoms with Gasteiger partial charge in [0.25, 0.3) is 0 Å². The highest BCUT2D eigenvalue weighted by Gasteiger charge is 2.23. The van der Waals surface area contributed by atoms with E-state index in [9.17, 15) is 14.3 Å². The lowest BCUT2D eigenvalue weighted by atomic mass is 10.2. The van der Waals surface area contributed by atoms with Crippen LogP contribution in [0.15, 0.2) is 47.1 Å². The minimum absolute atomic E-state index is 0.129. The number of nitrogens with one attached hydrogen (secondary N) is 1. The van der Waals surface area contributed by atoms with E-state index < -0.39 is 6.10 Å². The standard InChI is InChI=1S/C18H22FN3O3/c19-15-5-3-14(4-6-15)12-20-18(24)22-9-7-21(8-10-22)13-16(23)17-2-1-11-25-17/h1-6,11,16,23H,7-10,12-13H2,(H,20,24)/t16-/m0/s1. The third-order valence-corrected chi connectivity index (χ3v) is 4.32. The zero-order valence-electron chi connectivity index (χ0n) is 13.9. The molecule has 1 atom stereocenters. The first-order valence-corrected chi connectivity index (χ1v) is 8.33. The fraction of sp³-hybridized carbons (Fsp3) is 0.389. The number of carbonyl (C=O) groups is 1. The fourth-order valence-corrected chi connectivity index (χ4v) is 2.84. The molecule has 1 aliphatic rings. The Hall–Kier alpha value is -2.38. The smallest absolute Gasteiger partial charge is 0.317 e. The molecule has 0 spiro atoms. The van der Waals surface area contributed by atoms with Gasteiger partial charge in [0.2, 0.25) is 0 Å². The first kappa shape index (κ1) is 17.4. The molecule has 0 aliphatic carbocycles. The van der Waals surface area contributed by atoms with Crippen LogP contribution in [0, 0.1) is 5.82 Å². The van der Waals surface area contributed by atoms with Crippen molar-refractivity contribution in [1.29, 1.82) is 0 Å². The number of carbonyl (C=O) groups excluding carboxylic acids is 1. The number of aliphatic hydroxyl groups excluding tert-OH is 1. The molecule has 0 saturated carbocycles. The number of furan rings is 1. The molecule has 7 heteroatoms. The average molecular weight is 347 g/mol. The van der Waals surface area contributed by atoms with E-state index in [0.717, 1.165) is 5.56 Å². The molecule has 0 bridgehead atoms. The number of β-amino-alcohol motifs (C(OH)–C–C–N with tert-alkyl or cyclic N) is 1. The van der Waals surface area contributed by atoms with Crippen LogP contribution in [-0.2, 0) is 6.54 Å². The van der Waals surface area contributed by atoms with E-state index in [2.05, 4.69) is 10.2 Å². The normalized spacial score (nSPS) is 16.6. The molecule has 2 N–H and O–H groups in total. The summed E-state index contributed by atoms with van der Waals surface area (Å²) in [7, 11) is 0. The average Bonchev–Trinajstić information content (AvgIpc) is 3.16. The largest absolute Gasteiger partial charge is 0.467 e. The fourth-order valence-electron chi connectivity index (χ4n) is 2.84. The van der Waals surface area contributed by atoms with Gasteiger partial charge in [-0.3, -0.25) is 4.90 Å². The molecule has 25 heavy (non-hydrogen) atoms. The van der Waals surface area contributed by atoms with Crippen LogP contribution in [-0.4, -0.2) is 53.7 Å². The Balaban J connectivity index is 1.40. The van der Waals surface area contributed by atoms with Gasteiger partial charge in [-0.1, -0.05) is 12.1 Å². The lowest BCUT2D eigenvalue weighted by Gasteiger charge is -2.35. The van der Waals surface area contributed by atoms with Gasteiger partial charge in [0.05, 0.1) is 6.26 Å². The highest BCUT2D eigenvalue weighted by molar-refractivity contribution is 5.74. The van der Waals surface area contributed by atoms with Gasteiger partial charge in [-0.15, -0.1) is 0 Å². The highest BCUT2D eigenvalue weighted by Crippen LogP contribution is 2.15. The third-order valence-electron chi connectivity index (χ3n) is 4.32. The van der Waals surface area contributed by atoms with Gasteiger partial charge in [-0.2, -0.15) is 0 Å². The Morgan fingerprint density at radius 2 is 1.92 bits per heavy atom. The first-order chi connectivity index (χ1) is 12.1. The molecule has 0 radical (unpaired) electrons. The zero-order chi connectivity index (χ0) is 17.6. The summed E-state index contributed by atoms with van der Waals surface area (Å²) in [6.45, 7) is 3.44. The molecule has 2 aromatic rings. The summed E-state index contributed by atoms with van der Waals surface area (Å²) >= 11 is 0. The van der Waals surface area contributed by atoms with Crippen molar-refractivity contribution < 1.29 is 18.7 Å². The number of rotatable bonds is 5. The van der Waals surface area contributed by atoms with Crippen molar-refractivity contribution in [3.63, 3.8) is 0 Å². The second-order valence-electron chi connectivity index (χ2n) is 6.10. The van der Waals surface area contributed by atoms with Crippen molar-refractivity contribution in [2.24, 2.45) is 0 Å². The van der Waals surface area contributed by atoms with Gasteiger partial charge in [0.1, 0.15) is 17.7 Å². The number of amides is 2. The summed E-state index contributed by atoms with van der Waals surface area (Å²) in [5.74, 6) is 0.266. The van der Waals surface area contributed by atoms with E-state index in [1.54, 1.807) is 35.4 Å². The van der Waals surface area contributed by atoms with Gasteiger partial charge in [0, 0.05) is 39.3 Å². The van der Waals surface area contributed by atoms with Crippen LogP contribution < -0.4 is 5.32 Å². The third kappa shape index (κ3) is 4.80. The first-order valence-electron chi connectivity index (χ1n) is 8.33. The van der Waals surface area contributed by atoms with E-state index >= 15 is 0 Å². The maximum Gasteiger partial charge on any atom is 0.317 e. The number of benzene rings is 1. The van der Waals surface area contributed by atoms with Crippen LogP contribution in [0.1, 0.15) is 17.4 Å². The molecule has 2 heterocycles. The number of piperazine rings is 1. The van der Waals surface area contributed by atoms with Crippen molar-refractivity contribution in [2.45, 2.75) is 12.6 Å². The van der Waals surface area contributed by atoms with E-state index in [0.29, 0.717) is 45.0 Å². The maximum atomic E-state index is 12.9. The van der Waals surface area contributed by atoms with Crippen LogP contribution in [0.4, 0.5) is 9.18 Å². The van der Waals surface area contributed by atoms with Crippen molar-refractivity contribution in [3.8, 4) is 0 Å². The number of hydrogen-bond donors (Lipinski definition) is 2. The SMILES string of the molecule is O=C(NCc1ccc(F)cc1)N1CCN(C[C@H](O)c2ccco2)CC1. The lowest BCUT2D eigenvalue weighted by molar-refractivity contribution is 0.0691. The molecule has 6 nitrogen and oxygen atoms in total. The molecule has 134 valence electrons. The quantitative estimate of drug-likeness (QED) is 0.868. The van der Waals surface area contributed by atoms with Crippen LogP contribution in [0.25, 0.3) is 0 Å². The summed E-state index contributed by atoms with van der Waals surface area (Å²) in [4.78, 5) is 16.1. The van der Waals surface area contributed by atoms with Crippen LogP contribution in [0.2, 0.25) is 0 Å². The Labute approximate surface area is 145 Å². The van der Waals surface area contributed by atoms with Crippen LogP contribution in [0.3, 0.4) is 0 Å². The Morgan fingerprint density at radius 1 is 1.20 bits per heavy atom. The molecular formula is C18H22FN3O3. The molecule has 1 fully saturated rings. The number of urea groups is 1. The van der Waals surface area contributed by atoms with E-state index in [4.69, 9.17) is 4.42 Å². The lowest BCUT2D eigenvalue weighted by Crippen LogP contribution is -2.52. The summed E-state index contributed by atoms with van der Waals surface area (Å²) in [6, 6.07) is 9.45. The van der Waals surface area contributed by atoms with Gasteiger partial charge < -0.3 is 19.7 Å².